The van der Waals surface area contributed by atoms with Crippen LogP contribution in [0.15, 0.2) is 53.4 Å². The molecule has 2 aromatic carbocycles. The highest BCUT2D eigenvalue weighted by Gasteiger charge is 2.36. The topological polar surface area (TPSA) is 117 Å². The monoisotopic (exact) mass is 519 g/mol. The van der Waals surface area contributed by atoms with Gasteiger partial charge in [-0.15, -0.1) is 0 Å². The van der Waals surface area contributed by atoms with E-state index in [1.165, 1.54) is 19.2 Å². The summed E-state index contributed by atoms with van der Waals surface area (Å²) in [4.78, 5) is 24.4. The van der Waals surface area contributed by atoms with Crippen LogP contribution in [0.25, 0.3) is 0 Å². The molecule has 0 saturated heterocycles. The van der Waals surface area contributed by atoms with E-state index in [4.69, 9.17) is 18.4 Å². The molecule has 1 fully saturated rings. The smallest absolute Gasteiger partial charge is 0.408 e. The predicted octanol–water partition coefficient (Wildman–Crippen LogP) is 3.92. The molecule has 1 aliphatic carbocycles. The Kier molecular flexibility index (Phi) is 8.63. The van der Waals surface area contributed by atoms with Crippen LogP contribution >= 0.6 is 0 Å². The number of ether oxygens (including phenoxy) is 3. The highest BCUT2D eigenvalue weighted by Crippen LogP contribution is 2.31. The molecular formula is C26H33NO8S. The Labute approximate surface area is 212 Å². The first-order valence-electron chi connectivity index (χ1n) is 11.7. The van der Waals surface area contributed by atoms with Crippen LogP contribution in [0, 0.1) is 6.92 Å². The number of hydrogen-bond donors (Lipinski definition) is 1. The number of aryl methyl sites for hydroxylation is 1. The quantitative estimate of drug-likeness (QED) is 0.391. The van der Waals surface area contributed by atoms with Gasteiger partial charge in [-0.2, -0.15) is 8.42 Å². The minimum absolute atomic E-state index is 0.138. The SMILES string of the molecule is COC(=O)C(Cc1ccc(OC2CC(OS(=O)(=O)c3ccc(C)cc3)C2)cc1)NC(=O)OC(C)(C)C. The van der Waals surface area contributed by atoms with E-state index in [1.54, 1.807) is 57.2 Å². The zero-order valence-corrected chi connectivity index (χ0v) is 22.0. The molecule has 0 radical (unpaired) electrons. The summed E-state index contributed by atoms with van der Waals surface area (Å²) in [6.45, 7) is 7.09. The van der Waals surface area contributed by atoms with Gasteiger partial charge >= 0.3 is 12.1 Å². The summed E-state index contributed by atoms with van der Waals surface area (Å²) in [5, 5.41) is 2.55. The van der Waals surface area contributed by atoms with Gasteiger partial charge in [0.05, 0.1) is 18.1 Å². The van der Waals surface area contributed by atoms with Crippen molar-refractivity contribution in [2.45, 2.75) is 75.7 Å². The standard InChI is InChI=1S/C26H33NO8S/c1-17-6-12-22(13-7-17)36(30,31)35-21-15-20(16-21)33-19-10-8-18(9-11-19)14-23(24(28)32-5)27-25(29)34-26(2,3)4/h6-13,20-21,23H,14-16H2,1-5H3,(H,27,29). The van der Waals surface area contributed by atoms with Crippen molar-refractivity contribution in [2.24, 2.45) is 0 Å². The molecule has 1 N–H and O–H groups in total. The highest BCUT2D eigenvalue weighted by molar-refractivity contribution is 7.86. The van der Waals surface area contributed by atoms with Crippen molar-refractivity contribution in [3.63, 3.8) is 0 Å². The van der Waals surface area contributed by atoms with Gasteiger partial charge in [0, 0.05) is 19.3 Å². The number of methoxy groups -OCH3 is 1. The van der Waals surface area contributed by atoms with Crippen LogP contribution in [-0.4, -0.2) is 51.4 Å². The van der Waals surface area contributed by atoms with Crippen LogP contribution in [0.1, 0.15) is 44.7 Å². The molecule has 10 heteroatoms. The lowest BCUT2D eigenvalue weighted by Crippen LogP contribution is -2.45. The molecule has 0 aromatic heterocycles. The third-order valence-electron chi connectivity index (χ3n) is 5.47. The largest absolute Gasteiger partial charge is 0.490 e. The first kappa shape index (κ1) is 27.5. The Balaban J connectivity index is 1.50. The molecule has 0 bridgehead atoms. The van der Waals surface area contributed by atoms with E-state index in [9.17, 15) is 18.0 Å². The van der Waals surface area contributed by atoms with E-state index in [-0.39, 0.29) is 17.4 Å². The van der Waals surface area contributed by atoms with Gasteiger partial charge in [-0.05, 0) is 57.5 Å². The van der Waals surface area contributed by atoms with E-state index in [0.29, 0.717) is 18.6 Å². The van der Waals surface area contributed by atoms with Crippen molar-refractivity contribution in [2.75, 3.05) is 7.11 Å². The molecule has 196 valence electrons. The molecule has 0 aliphatic heterocycles. The fraction of sp³-hybridized carbons (Fsp3) is 0.462. The van der Waals surface area contributed by atoms with Gasteiger partial charge in [0.25, 0.3) is 10.1 Å². The predicted molar refractivity (Wildman–Crippen MR) is 132 cm³/mol. The summed E-state index contributed by atoms with van der Waals surface area (Å²) in [5.74, 6) is 0.0283. The molecule has 1 aliphatic rings. The second-order valence-corrected chi connectivity index (χ2v) is 11.3. The molecule has 9 nitrogen and oxygen atoms in total. The first-order valence-corrected chi connectivity index (χ1v) is 13.1. The molecule has 36 heavy (non-hydrogen) atoms. The van der Waals surface area contributed by atoms with Crippen molar-refractivity contribution in [3.8, 4) is 5.75 Å². The maximum Gasteiger partial charge on any atom is 0.408 e. The second kappa shape index (κ2) is 11.3. The summed E-state index contributed by atoms with van der Waals surface area (Å²) in [6.07, 6.45) is -0.175. The van der Waals surface area contributed by atoms with Crippen LogP contribution in [0.3, 0.4) is 0 Å². The number of carbonyl (C=O) groups excluding carboxylic acids is 2. The Morgan fingerprint density at radius 3 is 2.17 bits per heavy atom. The van der Waals surface area contributed by atoms with Crippen LogP contribution in [0.4, 0.5) is 4.79 Å². The Bertz CT molecular complexity index is 1150. The van der Waals surface area contributed by atoms with Gasteiger partial charge in [0.15, 0.2) is 0 Å². The molecule has 1 saturated carbocycles. The third-order valence-corrected chi connectivity index (χ3v) is 6.84. The highest BCUT2D eigenvalue weighted by atomic mass is 32.2. The summed E-state index contributed by atoms with van der Waals surface area (Å²) in [5.41, 5.74) is 1.06. The molecule has 0 spiro atoms. The van der Waals surface area contributed by atoms with Crippen molar-refractivity contribution < 1.29 is 36.4 Å². The van der Waals surface area contributed by atoms with Crippen LogP contribution in [0.2, 0.25) is 0 Å². The van der Waals surface area contributed by atoms with Crippen LogP contribution < -0.4 is 10.1 Å². The second-order valence-electron chi connectivity index (χ2n) is 9.77. The van der Waals surface area contributed by atoms with Gasteiger partial charge in [-0.1, -0.05) is 29.8 Å². The number of alkyl carbamates (subject to hydrolysis) is 1. The summed E-state index contributed by atoms with van der Waals surface area (Å²) in [7, 11) is -2.56. The van der Waals surface area contributed by atoms with E-state index >= 15 is 0 Å². The zero-order valence-electron chi connectivity index (χ0n) is 21.1. The van der Waals surface area contributed by atoms with Gasteiger partial charge in [-0.25, -0.2) is 9.59 Å². The number of esters is 1. The summed E-state index contributed by atoms with van der Waals surface area (Å²) < 4.78 is 46.1. The molecule has 3 rings (SSSR count). The average Bonchev–Trinajstić information content (AvgIpc) is 2.76. The number of hydrogen-bond acceptors (Lipinski definition) is 8. The van der Waals surface area contributed by atoms with Crippen LogP contribution in [-0.2, 0) is 35.0 Å². The van der Waals surface area contributed by atoms with Crippen molar-refractivity contribution >= 4 is 22.2 Å². The maximum atomic E-state index is 12.4. The summed E-state index contributed by atoms with van der Waals surface area (Å²) >= 11 is 0. The summed E-state index contributed by atoms with van der Waals surface area (Å²) in [6, 6.07) is 12.7. The minimum atomic E-state index is -3.81. The molecular weight excluding hydrogens is 486 g/mol. The first-order chi connectivity index (χ1) is 16.8. The van der Waals surface area contributed by atoms with E-state index in [0.717, 1.165) is 11.1 Å². The Morgan fingerprint density at radius 1 is 1.00 bits per heavy atom. The lowest BCUT2D eigenvalue weighted by atomic mass is 9.92. The Morgan fingerprint density at radius 2 is 1.61 bits per heavy atom. The normalized spacial score (nSPS) is 18.5. The minimum Gasteiger partial charge on any atom is -0.490 e. The fourth-order valence-corrected chi connectivity index (χ4v) is 4.65. The number of rotatable bonds is 9. The number of nitrogens with one attached hydrogen (secondary N) is 1. The fourth-order valence-electron chi connectivity index (χ4n) is 3.55. The van der Waals surface area contributed by atoms with Crippen molar-refractivity contribution in [1.29, 1.82) is 0 Å². The molecule has 1 atom stereocenters. The van der Waals surface area contributed by atoms with Gasteiger partial charge in [0.2, 0.25) is 0 Å². The molecule has 2 aromatic rings. The molecule has 1 unspecified atom stereocenters. The molecule has 0 heterocycles. The zero-order chi connectivity index (χ0) is 26.5. The molecule has 1 amide bonds. The van der Waals surface area contributed by atoms with E-state index in [1.807, 2.05) is 6.92 Å². The third kappa shape index (κ3) is 7.96. The maximum absolute atomic E-state index is 12.4. The van der Waals surface area contributed by atoms with Crippen molar-refractivity contribution in [3.05, 3.63) is 59.7 Å². The Hall–Kier alpha value is -3.11. The van der Waals surface area contributed by atoms with E-state index in [2.05, 4.69) is 5.32 Å². The lowest BCUT2D eigenvalue weighted by molar-refractivity contribution is -0.143. The van der Waals surface area contributed by atoms with Gasteiger partial charge in [0.1, 0.15) is 23.5 Å². The average molecular weight is 520 g/mol. The van der Waals surface area contributed by atoms with Gasteiger partial charge < -0.3 is 19.5 Å². The number of carbonyl (C=O) groups is 2. The number of benzene rings is 2. The van der Waals surface area contributed by atoms with Crippen molar-refractivity contribution in [1.82, 2.24) is 5.32 Å². The van der Waals surface area contributed by atoms with E-state index < -0.39 is 39.9 Å². The van der Waals surface area contributed by atoms with Crippen LogP contribution in [0.5, 0.6) is 5.75 Å². The lowest BCUT2D eigenvalue weighted by Gasteiger charge is -2.34. The number of amides is 1. The van der Waals surface area contributed by atoms with Gasteiger partial charge in [-0.3, -0.25) is 4.18 Å².